The molecule has 1 heteroatoms. The van der Waals surface area contributed by atoms with Crippen molar-refractivity contribution in [3.8, 4) is 0 Å². The van der Waals surface area contributed by atoms with Gasteiger partial charge in [0.25, 0.3) is 0 Å². The number of furan rings is 1. The minimum atomic E-state index is 0.917. The molecule has 0 amide bonds. The van der Waals surface area contributed by atoms with Gasteiger partial charge in [0, 0.05) is 10.8 Å². The number of hydrogen-bond acceptors (Lipinski definition) is 1. The van der Waals surface area contributed by atoms with Gasteiger partial charge in [-0.15, -0.1) is 0 Å². The molecule has 31 heavy (non-hydrogen) atoms. The van der Waals surface area contributed by atoms with Crippen LogP contribution in [-0.4, -0.2) is 0 Å². The molecule has 0 spiro atoms. The molecule has 0 N–H and O–H groups in total. The molecular weight excluding hydrogens is 376 g/mol. The smallest absolute Gasteiger partial charge is 0.136 e. The van der Waals surface area contributed by atoms with Crippen molar-refractivity contribution >= 4 is 46.2 Å². The molecule has 1 heterocycles. The summed E-state index contributed by atoms with van der Waals surface area (Å²) in [6.07, 6.45) is 8.54. The van der Waals surface area contributed by atoms with Gasteiger partial charge in [0.15, 0.2) is 0 Å². The van der Waals surface area contributed by atoms with Gasteiger partial charge >= 0.3 is 0 Å². The summed E-state index contributed by atoms with van der Waals surface area (Å²) in [5, 5.41) is 2.30. The normalized spacial score (nSPS) is 11.9. The van der Waals surface area contributed by atoms with Gasteiger partial charge in [0.2, 0.25) is 0 Å². The molecule has 0 atom stereocenters. The quantitative estimate of drug-likeness (QED) is 0.275. The molecule has 0 saturated carbocycles. The topological polar surface area (TPSA) is 13.1 Å². The summed E-state index contributed by atoms with van der Waals surface area (Å²) in [6, 6.07) is 29.9. The Balaban J connectivity index is 1.43. The van der Waals surface area contributed by atoms with Crippen molar-refractivity contribution in [2.24, 2.45) is 0 Å². The Hall–Kier alpha value is -3.84. The zero-order chi connectivity index (χ0) is 21.2. The molecule has 5 rings (SSSR count). The monoisotopic (exact) mass is 400 g/mol. The Kier molecular flexibility index (Phi) is 5.01. The fraction of sp³-hybridized carbons (Fsp3) is 0.0667. The predicted octanol–water partition coefficient (Wildman–Crippen LogP) is 8.54. The summed E-state index contributed by atoms with van der Waals surface area (Å²) < 4.78 is 6.20. The molecule has 4 aromatic carbocycles. The van der Waals surface area contributed by atoms with Gasteiger partial charge in [-0.25, -0.2) is 0 Å². The Morgan fingerprint density at radius 3 is 1.23 bits per heavy atom. The maximum absolute atomic E-state index is 6.20. The van der Waals surface area contributed by atoms with Gasteiger partial charge < -0.3 is 4.42 Å². The van der Waals surface area contributed by atoms with Crippen molar-refractivity contribution in [3.63, 3.8) is 0 Å². The van der Waals surface area contributed by atoms with Crippen LogP contribution in [0.25, 0.3) is 46.2 Å². The third-order valence-electron chi connectivity index (χ3n) is 5.61. The molecule has 0 bridgehead atoms. The summed E-state index contributed by atoms with van der Waals surface area (Å²) in [5.74, 6) is 0. The molecule has 0 fully saturated rings. The van der Waals surface area contributed by atoms with Crippen LogP contribution >= 0.6 is 0 Å². The highest BCUT2D eigenvalue weighted by Crippen LogP contribution is 2.31. The summed E-state index contributed by atoms with van der Waals surface area (Å²) in [4.78, 5) is 0. The average Bonchev–Trinajstić information content (AvgIpc) is 3.15. The molecule has 0 saturated heterocycles. The lowest BCUT2D eigenvalue weighted by molar-refractivity contribution is 0.669. The van der Waals surface area contributed by atoms with Gasteiger partial charge in [0.05, 0.1) is 0 Å². The van der Waals surface area contributed by atoms with Crippen molar-refractivity contribution in [1.82, 2.24) is 0 Å². The number of aryl methyl sites for hydroxylation is 2. The first-order valence-corrected chi connectivity index (χ1v) is 10.6. The molecule has 0 aliphatic heterocycles. The number of benzene rings is 4. The molecular formula is C30H24O. The zero-order valence-corrected chi connectivity index (χ0v) is 17.8. The number of hydrogen-bond donors (Lipinski definition) is 0. The Morgan fingerprint density at radius 1 is 0.452 bits per heavy atom. The highest BCUT2D eigenvalue weighted by molar-refractivity contribution is 6.06. The van der Waals surface area contributed by atoms with Crippen molar-refractivity contribution in [2.45, 2.75) is 13.8 Å². The Bertz CT molecular complexity index is 1300. The van der Waals surface area contributed by atoms with Crippen LogP contribution in [0.4, 0.5) is 0 Å². The summed E-state index contributed by atoms with van der Waals surface area (Å²) in [6.45, 7) is 4.21. The van der Waals surface area contributed by atoms with E-state index in [1.807, 2.05) is 0 Å². The minimum absolute atomic E-state index is 0.917. The zero-order valence-electron chi connectivity index (χ0n) is 17.8. The molecule has 1 nitrogen and oxygen atoms in total. The van der Waals surface area contributed by atoms with Crippen LogP contribution in [0.2, 0.25) is 0 Å². The fourth-order valence-corrected chi connectivity index (χ4v) is 3.76. The SMILES string of the molecule is Cc1ccc(/C=C/c2ccc3c(c2)oc2cc(/C=C/c4ccc(C)cc4)ccc23)cc1. The van der Waals surface area contributed by atoms with Crippen LogP contribution in [0.5, 0.6) is 0 Å². The van der Waals surface area contributed by atoms with E-state index < -0.39 is 0 Å². The highest BCUT2D eigenvalue weighted by atomic mass is 16.3. The standard InChI is InChI=1S/C30H24O/c1-21-3-7-23(8-4-21)11-13-25-15-17-27-28-18-16-26(20-30(28)31-29(27)19-25)14-12-24-9-5-22(2)6-10-24/h3-20H,1-2H3/b13-11+,14-12+. The van der Waals surface area contributed by atoms with Gasteiger partial charge in [0.1, 0.15) is 11.2 Å². The lowest BCUT2D eigenvalue weighted by Gasteiger charge is -1.97. The lowest BCUT2D eigenvalue weighted by atomic mass is 10.1. The van der Waals surface area contributed by atoms with E-state index in [2.05, 4.69) is 123 Å². The molecule has 1 aromatic heterocycles. The van der Waals surface area contributed by atoms with E-state index in [1.54, 1.807) is 0 Å². The van der Waals surface area contributed by atoms with Crippen LogP contribution in [0.3, 0.4) is 0 Å². The van der Waals surface area contributed by atoms with Crippen LogP contribution in [0.15, 0.2) is 89.3 Å². The van der Waals surface area contributed by atoms with Crippen LogP contribution < -0.4 is 0 Å². The van der Waals surface area contributed by atoms with Crippen molar-refractivity contribution in [1.29, 1.82) is 0 Å². The third kappa shape index (κ3) is 4.22. The van der Waals surface area contributed by atoms with Crippen LogP contribution in [-0.2, 0) is 0 Å². The van der Waals surface area contributed by atoms with Crippen molar-refractivity contribution in [3.05, 3.63) is 118 Å². The first-order valence-electron chi connectivity index (χ1n) is 10.6. The predicted molar refractivity (Wildman–Crippen MR) is 134 cm³/mol. The highest BCUT2D eigenvalue weighted by Gasteiger charge is 2.07. The molecule has 0 aliphatic rings. The maximum atomic E-state index is 6.20. The summed E-state index contributed by atoms with van der Waals surface area (Å²) in [7, 11) is 0. The first kappa shape index (κ1) is 19.1. The van der Waals surface area contributed by atoms with E-state index in [1.165, 1.54) is 22.3 Å². The van der Waals surface area contributed by atoms with Gasteiger partial charge in [-0.3, -0.25) is 0 Å². The molecule has 0 radical (unpaired) electrons. The largest absolute Gasteiger partial charge is 0.456 e. The van der Waals surface area contributed by atoms with Crippen LogP contribution in [0.1, 0.15) is 33.4 Å². The second-order valence-corrected chi connectivity index (χ2v) is 8.10. The Labute approximate surface area is 183 Å². The second kappa shape index (κ2) is 8.12. The summed E-state index contributed by atoms with van der Waals surface area (Å²) in [5.41, 5.74) is 9.03. The molecule has 0 unspecified atom stereocenters. The van der Waals surface area contributed by atoms with Gasteiger partial charge in [-0.05, 0) is 60.4 Å². The lowest BCUT2D eigenvalue weighted by Crippen LogP contribution is -1.75. The van der Waals surface area contributed by atoms with Gasteiger partial charge in [-0.2, -0.15) is 0 Å². The molecule has 0 aliphatic carbocycles. The first-order chi connectivity index (χ1) is 15.1. The number of rotatable bonds is 4. The average molecular weight is 401 g/mol. The van der Waals surface area contributed by atoms with Crippen LogP contribution in [0, 0.1) is 13.8 Å². The molecule has 150 valence electrons. The van der Waals surface area contributed by atoms with E-state index in [4.69, 9.17) is 4.42 Å². The van der Waals surface area contributed by atoms with E-state index >= 15 is 0 Å². The number of fused-ring (bicyclic) bond motifs is 3. The van der Waals surface area contributed by atoms with Crippen molar-refractivity contribution < 1.29 is 4.42 Å². The van der Waals surface area contributed by atoms with Gasteiger partial charge in [-0.1, -0.05) is 96.1 Å². The van der Waals surface area contributed by atoms with E-state index in [-0.39, 0.29) is 0 Å². The minimum Gasteiger partial charge on any atom is -0.456 e. The molecule has 5 aromatic rings. The Morgan fingerprint density at radius 2 is 0.806 bits per heavy atom. The second-order valence-electron chi connectivity index (χ2n) is 8.10. The summed E-state index contributed by atoms with van der Waals surface area (Å²) >= 11 is 0. The maximum Gasteiger partial charge on any atom is 0.136 e. The third-order valence-corrected chi connectivity index (χ3v) is 5.61. The van der Waals surface area contributed by atoms with E-state index in [0.29, 0.717) is 0 Å². The van der Waals surface area contributed by atoms with Crippen molar-refractivity contribution in [2.75, 3.05) is 0 Å². The van der Waals surface area contributed by atoms with E-state index in [9.17, 15) is 0 Å². The fourth-order valence-electron chi connectivity index (χ4n) is 3.76. The van der Waals surface area contributed by atoms with E-state index in [0.717, 1.165) is 33.1 Å².